The molecule has 1 spiro atoms. The summed E-state index contributed by atoms with van der Waals surface area (Å²) in [4.78, 5) is 44.9. The zero-order chi connectivity index (χ0) is 23.3. The molecule has 2 N–H and O–H groups in total. The predicted octanol–water partition coefficient (Wildman–Crippen LogP) is 1.16. The first kappa shape index (κ1) is 23.2. The predicted molar refractivity (Wildman–Crippen MR) is 120 cm³/mol. The van der Waals surface area contributed by atoms with Crippen LogP contribution in [0.15, 0.2) is 24.5 Å². The summed E-state index contributed by atoms with van der Waals surface area (Å²) in [5.74, 6) is -0.450. The molecule has 33 heavy (non-hydrogen) atoms. The lowest BCUT2D eigenvalue weighted by Crippen LogP contribution is -2.54. The Kier molecular flexibility index (Phi) is 7.22. The van der Waals surface area contributed by atoms with Crippen molar-refractivity contribution in [3.05, 3.63) is 30.2 Å². The second-order valence-electron chi connectivity index (χ2n) is 8.93. The smallest absolute Gasteiger partial charge is 0.274 e. The topological polar surface area (TPSA) is 118 Å². The van der Waals surface area contributed by atoms with Gasteiger partial charge in [-0.3, -0.25) is 14.4 Å². The number of ether oxygens (including phenoxy) is 1. The van der Waals surface area contributed by atoms with Crippen molar-refractivity contribution in [1.82, 2.24) is 30.1 Å². The van der Waals surface area contributed by atoms with Crippen molar-refractivity contribution in [1.29, 1.82) is 0 Å². The number of hydrogen-bond acceptors (Lipinski definition) is 6. The minimum Gasteiger partial charge on any atom is -0.381 e. The molecule has 0 unspecified atom stereocenters. The third-order valence-electron chi connectivity index (χ3n) is 6.64. The molecule has 2 aromatic heterocycles. The summed E-state index contributed by atoms with van der Waals surface area (Å²) >= 11 is 0. The van der Waals surface area contributed by atoms with Crippen LogP contribution in [0.4, 0.5) is 0 Å². The molecule has 0 saturated carbocycles. The highest BCUT2D eigenvalue weighted by Crippen LogP contribution is 2.37. The quantitative estimate of drug-likeness (QED) is 0.665. The molecule has 2 saturated heterocycles. The zero-order valence-electron chi connectivity index (χ0n) is 19.1. The Hall–Kier alpha value is -3.01. The lowest BCUT2D eigenvalue weighted by molar-refractivity contribution is -0.137. The molecule has 2 aliphatic heterocycles. The number of hydrogen-bond donors (Lipinski definition) is 2. The lowest BCUT2D eigenvalue weighted by atomic mass is 9.73. The molecule has 10 heteroatoms. The molecular formula is C23H32N6O4. The molecule has 3 amide bonds. The molecule has 0 aliphatic carbocycles. The van der Waals surface area contributed by atoms with Crippen molar-refractivity contribution in [2.75, 3.05) is 32.8 Å². The van der Waals surface area contributed by atoms with Crippen LogP contribution in [0.2, 0.25) is 0 Å². The Balaban J connectivity index is 1.44. The molecule has 2 fully saturated rings. The summed E-state index contributed by atoms with van der Waals surface area (Å²) in [6, 6.07) is 2.97. The van der Waals surface area contributed by atoms with Gasteiger partial charge in [0.15, 0.2) is 5.65 Å². The van der Waals surface area contributed by atoms with Crippen LogP contribution in [0.1, 0.15) is 55.9 Å². The molecule has 2 aromatic rings. The first-order valence-corrected chi connectivity index (χ1v) is 11.7. The standard InChI is InChI=1S/C23H32N6O4/c1-17-20(30)24-10-5-15-33-14-3-2-7-23(22(32)26-17)8-12-28(13-9-23)21(31)18-16-29-19(27-18)6-4-11-25-29/h4,6,11,16-17H,2-3,5,7-10,12-15H2,1H3,(H,24,30)(H,26,32)/t17-/m0/s1. The highest BCUT2D eigenvalue weighted by Gasteiger charge is 2.42. The van der Waals surface area contributed by atoms with E-state index in [1.807, 2.05) is 0 Å². The van der Waals surface area contributed by atoms with Gasteiger partial charge in [0, 0.05) is 39.0 Å². The average Bonchev–Trinajstić information content (AvgIpc) is 3.26. The number of piperidine rings is 1. The van der Waals surface area contributed by atoms with Crippen LogP contribution in [-0.4, -0.2) is 76.1 Å². The van der Waals surface area contributed by atoms with Gasteiger partial charge >= 0.3 is 0 Å². The van der Waals surface area contributed by atoms with Crippen LogP contribution in [0.5, 0.6) is 0 Å². The van der Waals surface area contributed by atoms with Crippen LogP contribution < -0.4 is 10.6 Å². The van der Waals surface area contributed by atoms with E-state index in [4.69, 9.17) is 4.74 Å². The van der Waals surface area contributed by atoms with E-state index in [0.717, 1.165) is 19.3 Å². The normalized spacial score (nSPS) is 23.1. The number of nitrogens with zero attached hydrogens (tertiary/aromatic N) is 4. The number of nitrogens with one attached hydrogen (secondary N) is 2. The van der Waals surface area contributed by atoms with Gasteiger partial charge in [-0.1, -0.05) is 6.42 Å². The van der Waals surface area contributed by atoms with Gasteiger partial charge in [0.2, 0.25) is 11.8 Å². The lowest BCUT2D eigenvalue weighted by Gasteiger charge is -2.41. The van der Waals surface area contributed by atoms with E-state index < -0.39 is 11.5 Å². The summed E-state index contributed by atoms with van der Waals surface area (Å²) in [6.45, 7) is 4.42. The summed E-state index contributed by atoms with van der Waals surface area (Å²) in [5, 5.41) is 9.95. The molecule has 2 aliphatic rings. The minimum atomic E-state index is -0.608. The summed E-state index contributed by atoms with van der Waals surface area (Å²) in [7, 11) is 0. The third kappa shape index (κ3) is 5.32. The number of rotatable bonds is 1. The van der Waals surface area contributed by atoms with Gasteiger partial charge < -0.3 is 20.3 Å². The van der Waals surface area contributed by atoms with Gasteiger partial charge in [-0.25, -0.2) is 9.50 Å². The molecule has 0 bridgehead atoms. The summed E-state index contributed by atoms with van der Waals surface area (Å²) in [6.07, 6.45) is 7.58. The highest BCUT2D eigenvalue weighted by molar-refractivity contribution is 5.93. The fourth-order valence-corrected chi connectivity index (χ4v) is 4.55. The maximum absolute atomic E-state index is 13.3. The number of amides is 3. The second-order valence-corrected chi connectivity index (χ2v) is 8.93. The Bertz CT molecular complexity index is 965. The summed E-state index contributed by atoms with van der Waals surface area (Å²) in [5.41, 5.74) is 0.368. The van der Waals surface area contributed by atoms with E-state index in [1.54, 1.807) is 40.9 Å². The first-order valence-electron chi connectivity index (χ1n) is 11.7. The first-order chi connectivity index (χ1) is 16.0. The minimum absolute atomic E-state index is 0.104. The Morgan fingerprint density at radius 1 is 1.15 bits per heavy atom. The average molecular weight is 457 g/mol. The summed E-state index contributed by atoms with van der Waals surface area (Å²) < 4.78 is 7.23. The van der Waals surface area contributed by atoms with Crippen LogP contribution >= 0.6 is 0 Å². The van der Waals surface area contributed by atoms with Crippen molar-refractivity contribution in [3.63, 3.8) is 0 Å². The Labute approximate surface area is 193 Å². The van der Waals surface area contributed by atoms with E-state index in [1.165, 1.54) is 0 Å². The molecule has 1 atom stereocenters. The molecule has 178 valence electrons. The highest BCUT2D eigenvalue weighted by atomic mass is 16.5. The third-order valence-corrected chi connectivity index (χ3v) is 6.64. The molecule has 4 rings (SSSR count). The SMILES string of the molecule is C[C@@H]1NC(=O)C2(CCCCOCCCNC1=O)CCN(C(=O)c1cn3ncccc3n1)CC2. The van der Waals surface area contributed by atoms with Crippen LogP contribution in [0.25, 0.3) is 5.65 Å². The maximum atomic E-state index is 13.3. The monoisotopic (exact) mass is 456 g/mol. The van der Waals surface area contributed by atoms with E-state index >= 15 is 0 Å². The van der Waals surface area contributed by atoms with Gasteiger partial charge in [0.05, 0.1) is 11.6 Å². The van der Waals surface area contributed by atoms with Gasteiger partial charge in [0.1, 0.15) is 11.7 Å². The van der Waals surface area contributed by atoms with Crippen molar-refractivity contribution >= 4 is 23.4 Å². The van der Waals surface area contributed by atoms with Crippen molar-refractivity contribution in [2.45, 2.75) is 51.5 Å². The Morgan fingerprint density at radius 2 is 1.94 bits per heavy atom. The number of likely N-dealkylation sites (tertiary alicyclic amines) is 1. The second kappa shape index (κ2) is 10.3. The van der Waals surface area contributed by atoms with E-state index in [2.05, 4.69) is 20.7 Å². The molecule has 0 aromatic carbocycles. The molecule has 0 radical (unpaired) electrons. The fraction of sp³-hybridized carbons (Fsp3) is 0.609. The molecular weight excluding hydrogens is 424 g/mol. The van der Waals surface area contributed by atoms with Crippen molar-refractivity contribution in [2.24, 2.45) is 5.41 Å². The molecule has 4 heterocycles. The number of carbonyl (C=O) groups excluding carboxylic acids is 3. The largest absolute Gasteiger partial charge is 0.381 e. The number of fused-ring (bicyclic) bond motifs is 1. The van der Waals surface area contributed by atoms with Crippen LogP contribution in [-0.2, 0) is 14.3 Å². The van der Waals surface area contributed by atoms with Gasteiger partial charge in [-0.2, -0.15) is 5.10 Å². The van der Waals surface area contributed by atoms with Gasteiger partial charge in [-0.15, -0.1) is 0 Å². The number of imidazole rings is 1. The Morgan fingerprint density at radius 3 is 2.73 bits per heavy atom. The number of carbonyl (C=O) groups is 3. The van der Waals surface area contributed by atoms with Crippen LogP contribution in [0, 0.1) is 5.41 Å². The maximum Gasteiger partial charge on any atom is 0.274 e. The van der Waals surface area contributed by atoms with E-state index in [0.29, 0.717) is 63.5 Å². The van der Waals surface area contributed by atoms with Crippen molar-refractivity contribution < 1.29 is 19.1 Å². The van der Waals surface area contributed by atoms with Gasteiger partial charge in [-0.05, 0) is 51.2 Å². The van der Waals surface area contributed by atoms with Crippen molar-refractivity contribution in [3.8, 4) is 0 Å². The van der Waals surface area contributed by atoms with E-state index in [9.17, 15) is 14.4 Å². The number of aromatic nitrogens is 3. The fourth-order valence-electron chi connectivity index (χ4n) is 4.55. The van der Waals surface area contributed by atoms with Crippen LogP contribution in [0.3, 0.4) is 0 Å². The van der Waals surface area contributed by atoms with E-state index in [-0.39, 0.29) is 17.7 Å². The zero-order valence-corrected chi connectivity index (χ0v) is 19.1. The van der Waals surface area contributed by atoms with Gasteiger partial charge in [0.25, 0.3) is 5.91 Å². The molecule has 10 nitrogen and oxygen atoms in total.